The number of ether oxygens (including phenoxy) is 1. The van der Waals surface area contributed by atoms with Crippen molar-refractivity contribution in [2.24, 2.45) is 0 Å². The fourth-order valence-corrected chi connectivity index (χ4v) is 4.83. The molecule has 1 fully saturated rings. The Morgan fingerprint density at radius 2 is 1.95 bits per heavy atom. The van der Waals surface area contributed by atoms with Crippen LogP contribution in [0.4, 0.5) is 4.39 Å². The van der Waals surface area contributed by atoms with Crippen LogP contribution in [-0.2, 0) is 6.54 Å². The monoisotopic (exact) mass is 521 g/mol. The number of carbonyl (C=O) groups is 1. The lowest BCUT2D eigenvalue weighted by atomic mass is 10.1. The van der Waals surface area contributed by atoms with Gasteiger partial charge in [-0.15, -0.1) is 11.7 Å². The maximum absolute atomic E-state index is 13.4. The van der Waals surface area contributed by atoms with Gasteiger partial charge in [-0.25, -0.2) is 4.39 Å². The van der Waals surface area contributed by atoms with E-state index in [2.05, 4.69) is 21.0 Å². The summed E-state index contributed by atoms with van der Waals surface area (Å²) in [6.45, 7) is 8.14. The molecule has 0 bridgehead atoms. The molecule has 0 atom stereocenters. The van der Waals surface area contributed by atoms with Crippen molar-refractivity contribution in [2.75, 3.05) is 52.4 Å². The highest BCUT2D eigenvalue weighted by Gasteiger charge is 2.19. The van der Waals surface area contributed by atoms with Crippen molar-refractivity contribution in [3.8, 4) is 24.3 Å². The zero-order chi connectivity index (χ0) is 27.3. The van der Waals surface area contributed by atoms with E-state index in [1.54, 1.807) is 24.6 Å². The number of aryl methyl sites for hydroxylation is 1. The first-order valence-electron chi connectivity index (χ1n) is 13.0. The van der Waals surface area contributed by atoms with Crippen LogP contribution in [0.1, 0.15) is 36.5 Å². The number of fused-ring (bicyclic) bond motifs is 1. The largest absolute Gasteiger partial charge is 0.396 e. The molecule has 0 saturated carbocycles. The number of nitriles is 1. The van der Waals surface area contributed by atoms with Gasteiger partial charge in [0.1, 0.15) is 0 Å². The number of benzene rings is 1. The van der Waals surface area contributed by atoms with Gasteiger partial charge in [-0.2, -0.15) is 0 Å². The predicted molar refractivity (Wildman–Crippen MR) is 146 cm³/mol. The molecule has 2 N–H and O–H groups in total. The van der Waals surface area contributed by atoms with Crippen LogP contribution in [0, 0.1) is 23.9 Å². The topological polar surface area (TPSA) is 93.8 Å². The molecule has 0 spiro atoms. The van der Waals surface area contributed by atoms with Gasteiger partial charge in [0.2, 0.25) is 0 Å². The lowest BCUT2D eigenvalue weighted by molar-refractivity contribution is 0.0958. The third-order valence-electron chi connectivity index (χ3n) is 6.55. The third-order valence-corrected chi connectivity index (χ3v) is 6.55. The van der Waals surface area contributed by atoms with Gasteiger partial charge in [-0.1, -0.05) is 18.1 Å². The van der Waals surface area contributed by atoms with Gasteiger partial charge in [-0.05, 0) is 69.6 Å². The second kappa shape index (κ2) is 14.9. The van der Waals surface area contributed by atoms with Crippen LogP contribution in [-0.4, -0.2) is 77.8 Å². The maximum Gasteiger partial charge on any atom is 0.292 e. The fraction of sp³-hybridized carbons (Fsp3) is 0.448. The quantitative estimate of drug-likeness (QED) is 0.253. The Labute approximate surface area is 224 Å². The highest BCUT2D eigenvalue weighted by Crippen LogP contribution is 2.30. The molecule has 2 aromatic rings. The zero-order valence-corrected chi connectivity index (χ0v) is 22.0. The van der Waals surface area contributed by atoms with E-state index in [0.29, 0.717) is 34.3 Å². The summed E-state index contributed by atoms with van der Waals surface area (Å²) in [7, 11) is 0. The molecule has 2 heterocycles. The summed E-state index contributed by atoms with van der Waals surface area (Å²) < 4.78 is 20.6. The molecule has 1 aromatic heterocycles. The third kappa shape index (κ3) is 8.19. The number of hydrogen-bond donors (Lipinski definition) is 2. The van der Waals surface area contributed by atoms with Crippen LogP contribution in [0.15, 0.2) is 47.9 Å². The number of para-hydroxylation sites is 1. The van der Waals surface area contributed by atoms with Crippen molar-refractivity contribution in [3.05, 3.63) is 53.5 Å². The number of hydrogen-bond acceptors (Lipinski definition) is 6. The number of carbonyl (C=O) groups excluding carboxylic acids is 1. The standard InChI is InChI=1S/C29H36FN5O3/c1-3-8-24(19-23(2)30)20-32-29(37)26-21-35(28-25(26)9-4-10-27(28)38-22-31)15-6-13-33-11-5-12-34(17-16-33)14-7-18-36/h1,4,8-10,19,21,36H,5-7,11-18,20H2,2H3,(H,32,37)/b23-19+,24-8+. The number of nitrogens with zero attached hydrogens (tertiary/aromatic N) is 4. The van der Waals surface area contributed by atoms with Crippen LogP contribution in [0.25, 0.3) is 10.9 Å². The zero-order valence-electron chi connectivity index (χ0n) is 22.0. The van der Waals surface area contributed by atoms with Gasteiger partial charge < -0.3 is 29.5 Å². The summed E-state index contributed by atoms with van der Waals surface area (Å²) in [6.07, 6.45) is 14.3. The smallest absolute Gasteiger partial charge is 0.292 e. The van der Waals surface area contributed by atoms with Crippen LogP contribution in [0.3, 0.4) is 0 Å². The Hall–Kier alpha value is -3.63. The van der Waals surface area contributed by atoms with E-state index in [0.717, 1.165) is 58.5 Å². The molecule has 1 aliphatic rings. The maximum atomic E-state index is 13.4. The summed E-state index contributed by atoms with van der Waals surface area (Å²) in [6, 6.07) is 5.28. The van der Waals surface area contributed by atoms with E-state index < -0.39 is 5.83 Å². The van der Waals surface area contributed by atoms with Crippen molar-refractivity contribution in [2.45, 2.75) is 32.7 Å². The molecule has 3 rings (SSSR count). The molecule has 202 valence electrons. The van der Waals surface area contributed by atoms with Crippen LogP contribution in [0.5, 0.6) is 5.75 Å². The normalized spacial score (nSPS) is 15.6. The second-order valence-electron chi connectivity index (χ2n) is 9.35. The van der Waals surface area contributed by atoms with Crippen molar-refractivity contribution in [1.29, 1.82) is 5.26 Å². The molecule has 1 saturated heterocycles. The Balaban J connectivity index is 1.73. The van der Waals surface area contributed by atoms with Crippen LogP contribution >= 0.6 is 0 Å². The minimum atomic E-state index is -0.405. The average molecular weight is 522 g/mol. The van der Waals surface area contributed by atoms with Gasteiger partial charge in [0.25, 0.3) is 12.2 Å². The molecule has 8 nitrogen and oxygen atoms in total. The molecule has 0 unspecified atom stereocenters. The Kier molecular flexibility index (Phi) is 11.4. The molecule has 0 aliphatic carbocycles. The van der Waals surface area contributed by atoms with Crippen LogP contribution < -0.4 is 10.1 Å². The number of terminal acetylenes is 1. The number of nitrogens with one attached hydrogen (secondary N) is 1. The van der Waals surface area contributed by atoms with Gasteiger partial charge in [0, 0.05) is 50.9 Å². The second-order valence-corrected chi connectivity index (χ2v) is 9.35. The number of amides is 1. The van der Waals surface area contributed by atoms with E-state index in [9.17, 15) is 9.18 Å². The minimum Gasteiger partial charge on any atom is -0.396 e. The average Bonchev–Trinajstić information content (AvgIpc) is 3.12. The van der Waals surface area contributed by atoms with E-state index in [1.165, 1.54) is 19.1 Å². The van der Waals surface area contributed by atoms with Crippen molar-refractivity contribution < 1.29 is 19.0 Å². The molecule has 1 amide bonds. The van der Waals surface area contributed by atoms with E-state index in [4.69, 9.17) is 21.5 Å². The number of aliphatic hydroxyl groups excluding tert-OH is 1. The van der Waals surface area contributed by atoms with Crippen molar-refractivity contribution >= 4 is 16.8 Å². The van der Waals surface area contributed by atoms with Gasteiger partial charge >= 0.3 is 0 Å². The SMILES string of the molecule is C#C/C=C(\C=C(/C)F)CNC(=O)c1cn(CCCN2CCCN(CCCO)CC2)c2c(OC#N)cccc12. The van der Waals surface area contributed by atoms with E-state index in [-0.39, 0.29) is 19.1 Å². The number of rotatable bonds is 12. The molecular weight excluding hydrogens is 485 g/mol. The van der Waals surface area contributed by atoms with E-state index >= 15 is 0 Å². The molecule has 1 aliphatic heterocycles. The summed E-state index contributed by atoms with van der Waals surface area (Å²) in [5, 5.41) is 21.7. The lowest BCUT2D eigenvalue weighted by Gasteiger charge is -2.21. The molecule has 1 aromatic carbocycles. The van der Waals surface area contributed by atoms with E-state index in [1.807, 2.05) is 10.6 Å². The number of halogens is 1. The summed E-state index contributed by atoms with van der Waals surface area (Å²) in [5.41, 5.74) is 1.60. The highest BCUT2D eigenvalue weighted by atomic mass is 19.1. The molecular formula is C29H36FN5O3. The Morgan fingerprint density at radius 1 is 1.21 bits per heavy atom. The molecule has 0 radical (unpaired) electrons. The summed E-state index contributed by atoms with van der Waals surface area (Å²) >= 11 is 0. The van der Waals surface area contributed by atoms with Gasteiger partial charge in [0.05, 0.1) is 16.9 Å². The minimum absolute atomic E-state index is 0.0790. The first-order chi connectivity index (χ1) is 18.5. The van der Waals surface area contributed by atoms with Crippen molar-refractivity contribution in [1.82, 2.24) is 19.7 Å². The fourth-order valence-electron chi connectivity index (χ4n) is 4.83. The number of aromatic nitrogens is 1. The number of aliphatic hydroxyl groups is 1. The summed E-state index contributed by atoms with van der Waals surface area (Å²) in [4.78, 5) is 18.0. The Bertz CT molecular complexity index is 1230. The highest BCUT2D eigenvalue weighted by molar-refractivity contribution is 6.08. The first-order valence-corrected chi connectivity index (χ1v) is 13.0. The Morgan fingerprint density at radius 3 is 2.61 bits per heavy atom. The van der Waals surface area contributed by atoms with Crippen LogP contribution in [0.2, 0.25) is 0 Å². The molecule has 38 heavy (non-hydrogen) atoms. The van der Waals surface area contributed by atoms with Crippen molar-refractivity contribution in [3.63, 3.8) is 0 Å². The lowest BCUT2D eigenvalue weighted by Crippen LogP contribution is -2.32. The summed E-state index contributed by atoms with van der Waals surface area (Å²) in [5.74, 6) is 2.02. The van der Waals surface area contributed by atoms with Gasteiger partial charge in [0.15, 0.2) is 5.75 Å². The van der Waals surface area contributed by atoms with Gasteiger partial charge in [-0.3, -0.25) is 4.79 Å². The predicted octanol–water partition coefficient (Wildman–Crippen LogP) is 3.44. The molecule has 9 heteroatoms. The number of allylic oxidation sites excluding steroid dienone is 2. The first kappa shape index (κ1) is 28.9.